The van der Waals surface area contributed by atoms with E-state index < -0.39 is 0 Å². The van der Waals surface area contributed by atoms with Gasteiger partial charge in [-0.15, -0.1) is 0 Å². The number of carbonyl (C=O) groups is 1. The maximum Gasteiger partial charge on any atom is 0.255 e. The number of anilines is 1. The van der Waals surface area contributed by atoms with Crippen LogP contribution in [0.25, 0.3) is 22.5 Å². The van der Waals surface area contributed by atoms with Gasteiger partial charge in [-0.2, -0.15) is 0 Å². The van der Waals surface area contributed by atoms with Gasteiger partial charge in [0.15, 0.2) is 11.6 Å². The number of halogens is 2. The lowest BCUT2D eigenvalue weighted by atomic mass is 10.1. The Morgan fingerprint density at radius 3 is 2.48 bits per heavy atom. The fourth-order valence-electron chi connectivity index (χ4n) is 3.77. The van der Waals surface area contributed by atoms with Gasteiger partial charge in [0.1, 0.15) is 5.82 Å². The van der Waals surface area contributed by atoms with Crippen molar-refractivity contribution in [2.45, 2.75) is 0 Å². The van der Waals surface area contributed by atoms with Crippen LogP contribution in [0.5, 0.6) is 0 Å². The molecule has 0 bridgehead atoms. The number of rotatable bonds is 3. The Morgan fingerprint density at radius 2 is 1.74 bits per heavy atom. The van der Waals surface area contributed by atoms with E-state index in [1.807, 2.05) is 41.3 Å². The standard InChI is InChI=1S/C23H18Cl2N4O2/c24-15-7-8-17-19(14-15)26-21(20-6-3-13-31-20)27-22(17)28-9-11-29(12-10-28)23(30)16-4-1-2-5-18(16)25/h1-8,13-14H,9-12H2. The average molecular weight is 453 g/mol. The molecular weight excluding hydrogens is 435 g/mol. The van der Waals surface area contributed by atoms with Crippen LogP contribution in [0.2, 0.25) is 10.0 Å². The lowest BCUT2D eigenvalue weighted by Crippen LogP contribution is -2.49. The molecule has 2 aromatic carbocycles. The molecule has 156 valence electrons. The summed E-state index contributed by atoms with van der Waals surface area (Å²) in [6, 6.07) is 16.4. The van der Waals surface area contributed by atoms with Crippen LogP contribution in [0.3, 0.4) is 0 Å². The number of hydrogen-bond acceptors (Lipinski definition) is 5. The van der Waals surface area contributed by atoms with E-state index in [4.69, 9.17) is 32.6 Å². The van der Waals surface area contributed by atoms with Crippen LogP contribution >= 0.6 is 23.2 Å². The zero-order chi connectivity index (χ0) is 21.4. The predicted molar refractivity (Wildman–Crippen MR) is 122 cm³/mol. The molecule has 1 aliphatic rings. The molecule has 1 saturated heterocycles. The molecule has 1 amide bonds. The summed E-state index contributed by atoms with van der Waals surface area (Å²) in [7, 11) is 0. The second-order valence-corrected chi connectivity index (χ2v) is 8.11. The molecule has 3 heterocycles. The number of carbonyl (C=O) groups excluding carboxylic acids is 1. The number of furan rings is 1. The molecule has 8 heteroatoms. The first kappa shape index (κ1) is 19.8. The third-order valence-electron chi connectivity index (χ3n) is 5.35. The normalized spacial score (nSPS) is 14.3. The van der Waals surface area contributed by atoms with Gasteiger partial charge in [0.25, 0.3) is 5.91 Å². The van der Waals surface area contributed by atoms with E-state index in [-0.39, 0.29) is 5.91 Å². The molecule has 4 aromatic rings. The third-order valence-corrected chi connectivity index (χ3v) is 5.92. The van der Waals surface area contributed by atoms with E-state index in [9.17, 15) is 4.79 Å². The van der Waals surface area contributed by atoms with Crippen molar-refractivity contribution in [2.24, 2.45) is 0 Å². The SMILES string of the molecule is O=C(c1ccccc1Cl)N1CCN(c2nc(-c3ccco3)nc3cc(Cl)ccc23)CC1. The van der Waals surface area contributed by atoms with Crippen LogP contribution in [0, 0.1) is 0 Å². The van der Waals surface area contributed by atoms with Gasteiger partial charge < -0.3 is 14.2 Å². The molecule has 0 aliphatic carbocycles. The van der Waals surface area contributed by atoms with Crippen molar-refractivity contribution in [3.63, 3.8) is 0 Å². The van der Waals surface area contributed by atoms with Crippen LogP contribution < -0.4 is 4.90 Å². The Balaban J connectivity index is 1.44. The quantitative estimate of drug-likeness (QED) is 0.429. The minimum Gasteiger partial charge on any atom is -0.461 e. The highest BCUT2D eigenvalue weighted by atomic mass is 35.5. The monoisotopic (exact) mass is 452 g/mol. The van der Waals surface area contributed by atoms with E-state index in [0.717, 1.165) is 16.7 Å². The first-order valence-corrected chi connectivity index (χ1v) is 10.7. The number of hydrogen-bond donors (Lipinski definition) is 0. The zero-order valence-electron chi connectivity index (χ0n) is 16.5. The number of fused-ring (bicyclic) bond motifs is 1. The van der Waals surface area contributed by atoms with Gasteiger partial charge >= 0.3 is 0 Å². The van der Waals surface area contributed by atoms with Crippen LogP contribution in [-0.2, 0) is 0 Å². The largest absolute Gasteiger partial charge is 0.461 e. The maximum absolute atomic E-state index is 12.9. The molecule has 0 spiro atoms. The van der Waals surface area contributed by atoms with E-state index in [1.54, 1.807) is 24.5 Å². The van der Waals surface area contributed by atoms with Gasteiger partial charge in [-0.25, -0.2) is 9.97 Å². The minimum absolute atomic E-state index is 0.0548. The number of piperazine rings is 1. The zero-order valence-corrected chi connectivity index (χ0v) is 18.0. The van der Waals surface area contributed by atoms with Crippen molar-refractivity contribution in [3.8, 4) is 11.6 Å². The molecule has 6 nitrogen and oxygen atoms in total. The van der Waals surface area contributed by atoms with E-state index in [0.29, 0.717) is 53.4 Å². The summed E-state index contributed by atoms with van der Waals surface area (Å²) in [6.45, 7) is 2.42. The lowest BCUT2D eigenvalue weighted by Gasteiger charge is -2.36. The minimum atomic E-state index is -0.0548. The third kappa shape index (κ3) is 3.84. The fourth-order valence-corrected chi connectivity index (χ4v) is 4.15. The van der Waals surface area contributed by atoms with Crippen molar-refractivity contribution in [1.82, 2.24) is 14.9 Å². The van der Waals surface area contributed by atoms with Crippen molar-refractivity contribution >= 4 is 45.8 Å². The van der Waals surface area contributed by atoms with Crippen molar-refractivity contribution in [2.75, 3.05) is 31.1 Å². The van der Waals surface area contributed by atoms with Crippen LogP contribution in [0.4, 0.5) is 5.82 Å². The number of aromatic nitrogens is 2. The van der Waals surface area contributed by atoms with Crippen LogP contribution in [-0.4, -0.2) is 47.0 Å². The first-order chi connectivity index (χ1) is 15.1. The molecule has 0 atom stereocenters. The van der Waals surface area contributed by atoms with Crippen molar-refractivity contribution in [1.29, 1.82) is 0 Å². The Morgan fingerprint density at radius 1 is 0.935 bits per heavy atom. The summed E-state index contributed by atoms with van der Waals surface area (Å²) < 4.78 is 5.51. The molecule has 1 aliphatic heterocycles. The summed E-state index contributed by atoms with van der Waals surface area (Å²) in [5.41, 5.74) is 1.28. The summed E-state index contributed by atoms with van der Waals surface area (Å²) in [5.74, 6) is 1.85. The highest BCUT2D eigenvalue weighted by molar-refractivity contribution is 6.33. The van der Waals surface area contributed by atoms with Gasteiger partial charge in [-0.3, -0.25) is 4.79 Å². The Labute approximate surface area is 189 Å². The molecule has 0 unspecified atom stereocenters. The second-order valence-electron chi connectivity index (χ2n) is 7.27. The Bertz CT molecular complexity index is 1250. The second kappa shape index (κ2) is 8.21. The molecule has 2 aromatic heterocycles. The lowest BCUT2D eigenvalue weighted by molar-refractivity contribution is 0.0747. The summed E-state index contributed by atoms with van der Waals surface area (Å²) in [6.07, 6.45) is 1.60. The molecule has 31 heavy (non-hydrogen) atoms. The fraction of sp³-hybridized carbons (Fsp3) is 0.174. The van der Waals surface area contributed by atoms with Gasteiger partial charge in [0.05, 0.1) is 22.4 Å². The average Bonchev–Trinajstić information content (AvgIpc) is 3.33. The topological polar surface area (TPSA) is 62.5 Å². The number of nitrogens with zero attached hydrogens (tertiary/aromatic N) is 4. The van der Waals surface area contributed by atoms with E-state index in [1.165, 1.54) is 0 Å². The molecule has 0 radical (unpaired) electrons. The molecule has 5 rings (SSSR count). The Hall–Kier alpha value is -3.09. The van der Waals surface area contributed by atoms with Crippen molar-refractivity contribution in [3.05, 3.63) is 76.5 Å². The van der Waals surface area contributed by atoms with Gasteiger partial charge in [0, 0.05) is 36.6 Å². The molecular formula is C23H18Cl2N4O2. The highest BCUT2D eigenvalue weighted by Gasteiger charge is 2.26. The van der Waals surface area contributed by atoms with E-state index >= 15 is 0 Å². The van der Waals surface area contributed by atoms with Crippen LogP contribution in [0.1, 0.15) is 10.4 Å². The predicted octanol–water partition coefficient (Wildman–Crippen LogP) is 5.16. The van der Waals surface area contributed by atoms with Gasteiger partial charge in [-0.05, 0) is 42.5 Å². The molecule has 0 saturated carbocycles. The van der Waals surface area contributed by atoms with Crippen LogP contribution in [0.15, 0.2) is 65.3 Å². The summed E-state index contributed by atoms with van der Waals surface area (Å²) in [5, 5.41) is 1.99. The maximum atomic E-state index is 12.9. The number of benzene rings is 2. The first-order valence-electron chi connectivity index (χ1n) is 9.90. The summed E-state index contributed by atoms with van der Waals surface area (Å²) >= 11 is 12.4. The smallest absolute Gasteiger partial charge is 0.255 e. The summed E-state index contributed by atoms with van der Waals surface area (Å²) in [4.78, 5) is 26.3. The van der Waals surface area contributed by atoms with Gasteiger partial charge in [-0.1, -0.05) is 35.3 Å². The Kier molecular flexibility index (Phi) is 5.26. The van der Waals surface area contributed by atoms with E-state index in [2.05, 4.69) is 9.88 Å². The highest BCUT2D eigenvalue weighted by Crippen LogP contribution is 2.30. The number of amides is 1. The van der Waals surface area contributed by atoms with Crippen molar-refractivity contribution < 1.29 is 9.21 Å². The molecule has 0 N–H and O–H groups in total. The van der Waals surface area contributed by atoms with Gasteiger partial charge in [0.2, 0.25) is 0 Å². The molecule has 1 fully saturated rings.